The van der Waals surface area contributed by atoms with Gasteiger partial charge in [0.05, 0.1) is 24.9 Å². The van der Waals surface area contributed by atoms with E-state index in [9.17, 15) is 5.11 Å². The SMILES string of the molecule is CC(C)(C)NCC(O)COc1nsnc1N1CCOCC1.O=C(O)O. The van der Waals surface area contributed by atoms with E-state index in [-0.39, 0.29) is 12.1 Å². The Balaban J connectivity index is 0.000000705. The van der Waals surface area contributed by atoms with Gasteiger partial charge in [-0.1, -0.05) is 0 Å². The topological polar surface area (TPSA) is 137 Å². The third kappa shape index (κ3) is 9.39. The van der Waals surface area contributed by atoms with Crippen molar-refractivity contribution in [2.75, 3.05) is 44.4 Å². The first-order valence-corrected chi connectivity index (χ1v) is 8.55. The molecule has 1 aliphatic rings. The Labute approximate surface area is 150 Å². The fourth-order valence-electron chi connectivity index (χ4n) is 1.89. The number of aliphatic hydroxyl groups is 1. The quantitative estimate of drug-likeness (QED) is 0.560. The largest absolute Gasteiger partial charge is 0.503 e. The second kappa shape index (κ2) is 10.3. The minimum Gasteiger partial charge on any atom is -0.472 e. The number of carbonyl (C=O) groups is 1. The van der Waals surface area contributed by atoms with Gasteiger partial charge in [0.2, 0.25) is 5.82 Å². The molecule has 0 amide bonds. The van der Waals surface area contributed by atoms with E-state index in [4.69, 9.17) is 24.5 Å². The Hall–Kier alpha value is -1.69. The summed E-state index contributed by atoms with van der Waals surface area (Å²) >= 11 is 1.12. The van der Waals surface area contributed by atoms with Gasteiger partial charge in [-0.15, -0.1) is 4.37 Å². The number of nitrogens with zero attached hydrogens (tertiary/aromatic N) is 3. The lowest BCUT2D eigenvalue weighted by Crippen LogP contribution is -2.42. The van der Waals surface area contributed by atoms with Crippen LogP contribution in [0.25, 0.3) is 0 Å². The van der Waals surface area contributed by atoms with Crippen molar-refractivity contribution in [3.8, 4) is 5.88 Å². The number of aliphatic hydroxyl groups excluding tert-OH is 1. The molecule has 0 aliphatic carbocycles. The molecule has 2 heterocycles. The first-order valence-electron chi connectivity index (χ1n) is 7.82. The molecule has 1 aromatic rings. The normalized spacial score (nSPS) is 15.9. The number of ether oxygens (including phenoxy) is 2. The van der Waals surface area contributed by atoms with Crippen molar-refractivity contribution >= 4 is 23.7 Å². The van der Waals surface area contributed by atoms with E-state index in [2.05, 4.69) is 39.7 Å². The molecule has 1 aliphatic heterocycles. The van der Waals surface area contributed by atoms with E-state index in [0.717, 1.165) is 30.6 Å². The summed E-state index contributed by atoms with van der Waals surface area (Å²) in [6.45, 7) is 9.81. The molecule has 0 aromatic carbocycles. The second-order valence-electron chi connectivity index (χ2n) is 6.37. The Kier molecular flexibility index (Phi) is 8.83. The van der Waals surface area contributed by atoms with Crippen LogP contribution in [0.3, 0.4) is 0 Å². The third-order valence-electron chi connectivity index (χ3n) is 3.03. The Morgan fingerprint density at radius 2 is 1.96 bits per heavy atom. The van der Waals surface area contributed by atoms with Crippen LogP contribution in [0.5, 0.6) is 5.88 Å². The van der Waals surface area contributed by atoms with Crippen molar-refractivity contribution in [3.63, 3.8) is 0 Å². The van der Waals surface area contributed by atoms with Gasteiger partial charge in [0.15, 0.2) is 0 Å². The molecule has 25 heavy (non-hydrogen) atoms. The van der Waals surface area contributed by atoms with Crippen LogP contribution in [0.15, 0.2) is 0 Å². The van der Waals surface area contributed by atoms with Crippen LogP contribution in [-0.2, 0) is 4.74 Å². The highest BCUT2D eigenvalue weighted by molar-refractivity contribution is 6.99. The summed E-state index contributed by atoms with van der Waals surface area (Å²) in [6.07, 6.45) is -2.41. The van der Waals surface area contributed by atoms with Gasteiger partial charge in [-0.25, -0.2) is 4.79 Å². The molecule has 1 aromatic heterocycles. The van der Waals surface area contributed by atoms with E-state index < -0.39 is 12.3 Å². The number of nitrogens with one attached hydrogen (secondary N) is 1. The van der Waals surface area contributed by atoms with Gasteiger partial charge >= 0.3 is 6.16 Å². The molecule has 4 N–H and O–H groups in total. The molecule has 1 unspecified atom stereocenters. The Morgan fingerprint density at radius 1 is 1.36 bits per heavy atom. The smallest absolute Gasteiger partial charge is 0.472 e. The molecule has 1 saturated heterocycles. The fraction of sp³-hybridized carbons (Fsp3) is 0.786. The predicted octanol–water partition coefficient (Wildman–Crippen LogP) is 0.725. The summed E-state index contributed by atoms with van der Waals surface area (Å²) in [4.78, 5) is 10.7. The third-order valence-corrected chi connectivity index (χ3v) is 3.54. The van der Waals surface area contributed by atoms with Crippen molar-refractivity contribution in [1.82, 2.24) is 14.1 Å². The maximum absolute atomic E-state index is 9.95. The minimum absolute atomic E-state index is 0.0257. The van der Waals surface area contributed by atoms with Gasteiger partial charge in [-0.2, -0.15) is 4.37 Å². The van der Waals surface area contributed by atoms with Crippen LogP contribution in [0.1, 0.15) is 20.8 Å². The number of hydrogen-bond acceptors (Lipinski definition) is 9. The summed E-state index contributed by atoms with van der Waals surface area (Å²) in [6, 6.07) is 0. The Bertz CT molecular complexity index is 512. The number of carboxylic acid groups (broad SMARTS) is 2. The van der Waals surface area contributed by atoms with E-state index in [1.807, 2.05) is 0 Å². The van der Waals surface area contributed by atoms with Crippen molar-refractivity contribution in [1.29, 1.82) is 0 Å². The van der Waals surface area contributed by atoms with Gasteiger partial charge in [-0.3, -0.25) is 0 Å². The molecular weight excluding hydrogens is 352 g/mol. The lowest BCUT2D eigenvalue weighted by Gasteiger charge is -2.27. The zero-order chi connectivity index (χ0) is 18.9. The van der Waals surface area contributed by atoms with Gasteiger partial charge in [0.1, 0.15) is 12.7 Å². The highest BCUT2D eigenvalue weighted by atomic mass is 32.1. The summed E-state index contributed by atoms with van der Waals surface area (Å²) in [5.74, 6) is 1.25. The highest BCUT2D eigenvalue weighted by Gasteiger charge is 2.21. The summed E-state index contributed by atoms with van der Waals surface area (Å²) in [7, 11) is 0. The van der Waals surface area contributed by atoms with E-state index in [0.29, 0.717) is 25.6 Å². The predicted molar refractivity (Wildman–Crippen MR) is 92.9 cm³/mol. The van der Waals surface area contributed by atoms with E-state index in [1.165, 1.54) is 0 Å². The van der Waals surface area contributed by atoms with Gasteiger partial charge in [-0.05, 0) is 20.8 Å². The van der Waals surface area contributed by atoms with Crippen molar-refractivity contribution < 1.29 is 29.6 Å². The number of aromatic nitrogens is 2. The van der Waals surface area contributed by atoms with E-state index >= 15 is 0 Å². The molecule has 2 rings (SSSR count). The number of anilines is 1. The lowest BCUT2D eigenvalue weighted by atomic mass is 10.1. The van der Waals surface area contributed by atoms with Crippen molar-refractivity contribution in [2.45, 2.75) is 32.4 Å². The standard InChI is InChI=1S/C13H24N4O3S.CH2O3/c1-13(2,3)14-8-10(18)9-20-12-11(15-21-16-12)17-4-6-19-7-5-17;2-1(3)4/h10,14,18H,4-9H2,1-3H3;(H2,2,3,4). The molecule has 1 fully saturated rings. The zero-order valence-corrected chi connectivity index (χ0v) is 15.5. The highest BCUT2D eigenvalue weighted by Crippen LogP contribution is 2.26. The fourth-order valence-corrected chi connectivity index (χ4v) is 2.41. The van der Waals surface area contributed by atoms with Gasteiger partial charge in [0.25, 0.3) is 5.88 Å². The van der Waals surface area contributed by atoms with Crippen LogP contribution in [0, 0.1) is 0 Å². The first-order chi connectivity index (χ1) is 11.7. The van der Waals surface area contributed by atoms with Gasteiger partial charge in [0, 0.05) is 25.2 Å². The number of rotatable bonds is 6. The Morgan fingerprint density at radius 3 is 2.52 bits per heavy atom. The van der Waals surface area contributed by atoms with Crippen LogP contribution in [-0.4, -0.2) is 81.3 Å². The monoisotopic (exact) mass is 378 g/mol. The maximum Gasteiger partial charge on any atom is 0.503 e. The van der Waals surface area contributed by atoms with Crippen molar-refractivity contribution in [3.05, 3.63) is 0 Å². The molecule has 0 radical (unpaired) electrons. The average Bonchev–Trinajstić information content (AvgIpc) is 2.99. The number of β-amino-alcohol motifs (C(OH)–C–C–N with tert-alkyl or cyclic N) is 1. The molecular formula is C14H26N4O6S. The number of morpholine rings is 1. The number of hydrogen-bond donors (Lipinski definition) is 4. The van der Waals surface area contributed by atoms with Crippen LogP contribution in [0.4, 0.5) is 10.6 Å². The molecule has 0 bridgehead atoms. The average molecular weight is 378 g/mol. The zero-order valence-electron chi connectivity index (χ0n) is 14.6. The second-order valence-corrected chi connectivity index (χ2v) is 6.90. The first kappa shape index (κ1) is 21.4. The molecule has 10 nitrogen and oxygen atoms in total. The van der Waals surface area contributed by atoms with E-state index in [1.54, 1.807) is 0 Å². The molecule has 1 atom stereocenters. The van der Waals surface area contributed by atoms with Crippen LogP contribution >= 0.6 is 11.7 Å². The lowest BCUT2D eigenvalue weighted by molar-refractivity contribution is 0.0975. The summed E-state index contributed by atoms with van der Waals surface area (Å²) in [5.41, 5.74) is -0.0257. The van der Waals surface area contributed by atoms with Crippen molar-refractivity contribution in [2.24, 2.45) is 0 Å². The van der Waals surface area contributed by atoms with Gasteiger partial charge < -0.3 is 35.0 Å². The summed E-state index contributed by atoms with van der Waals surface area (Å²) < 4.78 is 19.4. The van der Waals surface area contributed by atoms with Crippen LogP contribution in [0.2, 0.25) is 0 Å². The maximum atomic E-state index is 9.95. The molecule has 144 valence electrons. The minimum atomic E-state index is -1.83. The molecule has 0 saturated carbocycles. The van der Waals surface area contributed by atoms with Crippen LogP contribution < -0.4 is 15.0 Å². The molecule has 11 heteroatoms. The molecule has 0 spiro atoms. The summed E-state index contributed by atoms with van der Waals surface area (Å²) in [5, 5.41) is 27.1.